The second-order valence-corrected chi connectivity index (χ2v) is 24.3. The third-order valence-electron chi connectivity index (χ3n) is 16.7. The van der Waals surface area contributed by atoms with Crippen molar-refractivity contribution in [3.05, 3.63) is 48.6 Å². The van der Waals surface area contributed by atoms with Gasteiger partial charge in [-0.2, -0.15) is 0 Å². The fourth-order valence-corrected chi connectivity index (χ4v) is 11.2. The molecule has 2 heterocycles. The number of rotatable bonds is 56. The smallest absolute Gasteiger partial charge is 0.220 e. The molecule has 14 nitrogen and oxygen atoms in total. The Hall–Kier alpha value is -2.05. The topological polar surface area (TPSA) is 228 Å². The van der Waals surface area contributed by atoms with E-state index in [9.17, 15) is 45.6 Å². The lowest BCUT2D eigenvalue weighted by Crippen LogP contribution is -2.65. The van der Waals surface area contributed by atoms with Crippen LogP contribution >= 0.6 is 0 Å². The summed E-state index contributed by atoms with van der Waals surface area (Å²) < 4.78 is 22.8. The summed E-state index contributed by atoms with van der Waals surface area (Å²) in [7, 11) is 0. The SMILES string of the molecule is CCCCCCCCC/C=C\CCCCCCCC(=O)NC(COC1OC(CO)C(OC2OC(CO)C(O)C(O)C2O)C(O)C1O)C(O)/C=C/CC/C=C/CC/C=C/CCCCCCCCCCCCCCCCCCCCCCCCC. The highest BCUT2D eigenvalue weighted by atomic mass is 16.7. The van der Waals surface area contributed by atoms with Gasteiger partial charge < -0.3 is 65.1 Å². The van der Waals surface area contributed by atoms with Crippen LogP contribution in [0.5, 0.6) is 0 Å². The van der Waals surface area contributed by atoms with Crippen LogP contribution in [0.3, 0.4) is 0 Å². The summed E-state index contributed by atoms with van der Waals surface area (Å²) in [6, 6.07) is -0.944. The number of aliphatic hydroxyl groups is 8. The van der Waals surface area contributed by atoms with Gasteiger partial charge in [-0.15, -0.1) is 0 Å². The molecule has 1 amide bonds. The first-order valence-electron chi connectivity index (χ1n) is 34.4. The maximum atomic E-state index is 13.3. The van der Waals surface area contributed by atoms with E-state index < -0.39 is 86.8 Å². The number of carbonyl (C=O) groups is 1. The second kappa shape index (κ2) is 54.1. The molecule has 0 saturated carbocycles. The van der Waals surface area contributed by atoms with Crippen molar-refractivity contribution in [2.24, 2.45) is 0 Å². The van der Waals surface area contributed by atoms with E-state index in [-0.39, 0.29) is 18.9 Å². The summed E-state index contributed by atoms with van der Waals surface area (Å²) in [5.74, 6) is -0.260. The first kappa shape index (κ1) is 77.0. The highest BCUT2D eigenvalue weighted by Gasteiger charge is 2.51. The lowest BCUT2D eigenvalue weighted by Gasteiger charge is -2.46. The molecule has 0 radical (unpaired) electrons. The predicted octanol–water partition coefficient (Wildman–Crippen LogP) is 13.5. The van der Waals surface area contributed by atoms with Crippen LogP contribution in [0.2, 0.25) is 0 Å². The zero-order valence-electron chi connectivity index (χ0n) is 52.7. The number of carbonyl (C=O) groups excluding carboxylic acids is 1. The van der Waals surface area contributed by atoms with Gasteiger partial charge in [-0.25, -0.2) is 0 Å². The highest BCUT2D eigenvalue weighted by Crippen LogP contribution is 2.30. The van der Waals surface area contributed by atoms with E-state index in [2.05, 4.69) is 55.6 Å². The van der Waals surface area contributed by atoms with Crippen LogP contribution in [0, 0.1) is 0 Å². The van der Waals surface area contributed by atoms with Crippen LogP contribution in [-0.2, 0) is 23.7 Å². The van der Waals surface area contributed by atoms with Crippen molar-refractivity contribution in [1.29, 1.82) is 0 Å². The van der Waals surface area contributed by atoms with Crippen LogP contribution in [0.25, 0.3) is 0 Å². The standard InChI is InChI=1S/C69H127NO13/c1-3-5-7-9-11-13-15-17-19-21-22-23-24-25-26-27-28-29-30-31-32-33-34-35-36-37-38-40-42-44-46-48-50-52-58(73)57(70-61(74)53-51-49-47-45-43-41-39-20-18-16-14-12-10-8-6-4-2)56-80-68-66(79)64(77)67(60(55-72)82-68)83-69-65(78)63(76)62(75)59(54-71)81-69/h20,36-37,39,42,44,50,52,57-60,62-69,71-73,75-79H,3-19,21-35,38,40-41,43,45-49,51,53-56H2,1-2H3,(H,70,74)/b37-36+,39-20-,44-42+,52-50+. The van der Waals surface area contributed by atoms with E-state index in [0.29, 0.717) is 12.8 Å². The van der Waals surface area contributed by atoms with Gasteiger partial charge in [-0.05, 0) is 70.6 Å². The molecule has 0 aromatic heterocycles. The van der Waals surface area contributed by atoms with Gasteiger partial charge in [0.15, 0.2) is 12.6 Å². The van der Waals surface area contributed by atoms with Gasteiger partial charge in [-0.3, -0.25) is 4.79 Å². The average molecular weight is 1180 g/mol. The second-order valence-electron chi connectivity index (χ2n) is 24.3. The molecule has 2 aliphatic heterocycles. The summed E-state index contributed by atoms with van der Waals surface area (Å²) in [6.07, 6.45) is 53.3. The molecule has 0 aromatic carbocycles. The molecule has 9 N–H and O–H groups in total. The van der Waals surface area contributed by atoms with E-state index in [0.717, 1.165) is 64.2 Å². The Labute approximate surface area is 505 Å². The van der Waals surface area contributed by atoms with Gasteiger partial charge in [0.05, 0.1) is 32.0 Å². The molecule has 2 rings (SSSR count). The minimum absolute atomic E-state index is 0.260. The minimum atomic E-state index is -1.79. The zero-order chi connectivity index (χ0) is 60.2. The van der Waals surface area contributed by atoms with E-state index >= 15 is 0 Å². The Kier molecular flexibility index (Phi) is 50.2. The first-order chi connectivity index (χ1) is 40.6. The molecule has 12 atom stereocenters. The van der Waals surface area contributed by atoms with Crippen LogP contribution in [0.1, 0.15) is 290 Å². The van der Waals surface area contributed by atoms with Gasteiger partial charge in [0.25, 0.3) is 0 Å². The number of hydrogen-bond donors (Lipinski definition) is 9. The molecule has 14 heteroatoms. The molecule has 2 aliphatic rings. The molecule has 83 heavy (non-hydrogen) atoms. The van der Waals surface area contributed by atoms with Crippen molar-refractivity contribution < 1.29 is 64.6 Å². The molecule has 0 bridgehead atoms. The summed E-state index contributed by atoms with van der Waals surface area (Å²) in [6.45, 7) is 2.79. The number of ether oxygens (including phenoxy) is 4. The molecule has 0 spiro atoms. The molecule has 0 aromatic rings. The number of unbranched alkanes of at least 4 members (excludes halogenated alkanes) is 37. The average Bonchev–Trinajstić information content (AvgIpc) is 3.65. The van der Waals surface area contributed by atoms with E-state index in [1.165, 1.54) is 193 Å². The van der Waals surface area contributed by atoms with E-state index in [1.54, 1.807) is 6.08 Å². The third kappa shape index (κ3) is 38.8. The van der Waals surface area contributed by atoms with Gasteiger partial charge in [-0.1, -0.05) is 262 Å². The summed E-state index contributed by atoms with van der Waals surface area (Å²) in [5, 5.41) is 87.2. The number of amides is 1. The highest BCUT2D eigenvalue weighted by molar-refractivity contribution is 5.76. The maximum Gasteiger partial charge on any atom is 0.220 e. The van der Waals surface area contributed by atoms with Crippen molar-refractivity contribution in [3.8, 4) is 0 Å². The van der Waals surface area contributed by atoms with E-state index in [4.69, 9.17) is 18.9 Å². The van der Waals surface area contributed by atoms with Crippen LogP contribution in [0.4, 0.5) is 0 Å². The van der Waals surface area contributed by atoms with Gasteiger partial charge in [0, 0.05) is 6.42 Å². The lowest BCUT2D eigenvalue weighted by molar-refractivity contribution is -0.359. The first-order valence-corrected chi connectivity index (χ1v) is 34.4. The number of hydrogen-bond acceptors (Lipinski definition) is 13. The molecule has 486 valence electrons. The fraction of sp³-hybridized carbons (Fsp3) is 0.870. The Balaban J connectivity index is 1.68. The van der Waals surface area contributed by atoms with Crippen molar-refractivity contribution in [1.82, 2.24) is 5.32 Å². The van der Waals surface area contributed by atoms with Crippen LogP contribution in [-0.4, -0.2) is 140 Å². The summed E-state index contributed by atoms with van der Waals surface area (Å²) >= 11 is 0. The summed E-state index contributed by atoms with van der Waals surface area (Å²) in [4.78, 5) is 13.3. The van der Waals surface area contributed by atoms with Crippen molar-refractivity contribution in [3.63, 3.8) is 0 Å². The van der Waals surface area contributed by atoms with Crippen LogP contribution in [0.15, 0.2) is 48.6 Å². The molecular formula is C69H127NO13. The normalized spacial score (nSPS) is 24.1. The van der Waals surface area contributed by atoms with Crippen molar-refractivity contribution in [2.45, 2.75) is 364 Å². The fourth-order valence-electron chi connectivity index (χ4n) is 11.2. The predicted molar refractivity (Wildman–Crippen MR) is 337 cm³/mol. The Bertz CT molecular complexity index is 1580. The zero-order valence-corrected chi connectivity index (χ0v) is 52.7. The quantitative estimate of drug-likeness (QED) is 0.0204. The number of allylic oxidation sites excluding steroid dienone is 7. The minimum Gasteiger partial charge on any atom is -0.394 e. The Morgan fingerprint density at radius 1 is 0.422 bits per heavy atom. The van der Waals surface area contributed by atoms with Gasteiger partial charge in [0.2, 0.25) is 5.91 Å². The molecular weight excluding hydrogens is 1050 g/mol. The molecule has 2 saturated heterocycles. The Morgan fingerprint density at radius 2 is 0.771 bits per heavy atom. The monoisotopic (exact) mass is 1180 g/mol. The van der Waals surface area contributed by atoms with Crippen molar-refractivity contribution >= 4 is 5.91 Å². The largest absolute Gasteiger partial charge is 0.394 e. The number of nitrogens with one attached hydrogen (secondary N) is 1. The van der Waals surface area contributed by atoms with Gasteiger partial charge in [0.1, 0.15) is 48.8 Å². The molecule has 2 fully saturated rings. The summed E-state index contributed by atoms with van der Waals surface area (Å²) in [5.41, 5.74) is 0. The third-order valence-corrected chi connectivity index (χ3v) is 16.7. The lowest BCUT2D eigenvalue weighted by atomic mass is 9.97. The van der Waals surface area contributed by atoms with Crippen molar-refractivity contribution in [2.75, 3.05) is 19.8 Å². The van der Waals surface area contributed by atoms with E-state index in [1.807, 2.05) is 6.08 Å². The molecule has 12 unspecified atom stereocenters. The Morgan fingerprint density at radius 3 is 1.18 bits per heavy atom. The number of aliphatic hydroxyl groups excluding tert-OH is 8. The maximum absolute atomic E-state index is 13.3. The van der Waals surface area contributed by atoms with Crippen LogP contribution < -0.4 is 5.32 Å². The molecule has 0 aliphatic carbocycles. The van der Waals surface area contributed by atoms with Gasteiger partial charge >= 0.3 is 0 Å².